The van der Waals surface area contributed by atoms with Crippen molar-refractivity contribution in [1.29, 1.82) is 0 Å². The van der Waals surface area contributed by atoms with E-state index in [2.05, 4.69) is 78.6 Å². The van der Waals surface area contributed by atoms with Gasteiger partial charge in [0.25, 0.3) is 0 Å². The average molecular weight is 271 g/mol. The van der Waals surface area contributed by atoms with Crippen LogP contribution >= 0.6 is 0 Å². The molecular formula is C19H29N. The van der Waals surface area contributed by atoms with Crippen LogP contribution < -0.4 is 5.32 Å². The van der Waals surface area contributed by atoms with Crippen molar-refractivity contribution in [3.63, 3.8) is 0 Å². The van der Waals surface area contributed by atoms with E-state index in [4.69, 9.17) is 0 Å². The Morgan fingerprint density at radius 3 is 2.10 bits per heavy atom. The molecule has 0 aliphatic heterocycles. The Hall–Kier alpha value is -1.50. The topological polar surface area (TPSA) is 12.0 Å². The van der Waals surface area contributed by atoms with Gasteiger partial charge < -0.3 is 5.32 Å². The third-order valence-electron chi connectivity index (χ3n) is 3.23. The van der Waals surface area contributed by atoms with Gasteiger partial charge in [0.05, 0.1) is 0 Å². The van der Waals surface area contributed by atoms with Crippen LogP contribution in [-0.4, -0.2) is 5.54 Å². The van der Waals surface area contributed by atoms with Crippen LogP contribution in [0.1, 0.15) is 58.2 Å². The summed E-state index contributed by atoms with van der Waals surface area (Å²) in [5.74, 6) is 0. The number of hydrogen-bond acceptors (Lipinski definition) is 1. The second-order valence-electron chi connectivity index (χ2n) is 7.42. The third kappa shape index (κ3) is 4.26. The first kappa shape index (κ1) is 16.6. The van der Waals surface area contributed by atoms with Gasteiger partial charge >= 0.3 is 0 Å². The number of nitrogens with one attached hydrogen (secondary N) is 1. The van der Waals surface area contributed by atoms with Crippen LogP contribution in [0.4, 0.5) is 5.69 Å². The lowest BCUT2D eigenvalue weighted by Crippen LogP contribution is -2.27. The van der Waals surface area contributed by atoms with E-state index in [0.717, 1.165) is 0 Å². The summed E-state index contributed by atoms with van der Waals surface area (Å²) in [7, 11) is 0. The molecule has 0 aliphatic rings. The lowest BCUT2D eigenvalue weighted by atomic mass is 9.81. The number of rotatable bonds is 3. The largest absolute Gasteiger partial charge is 0.380 e. The van der Waals surface area contributed by atoms with Crippen LogP contribution in [0.5, 0.6) is 0 Å². The predicted octanol–water partition coefficient (Wildman–Crippen LogP) is 5.70. The fourth-order valence-corrected chi connectivity index (χ4v) is 2.30. The van der Waals surface area contributed by atoms with E-state index in [0.29, 0.717) is 0 Å². The summed E-state index contributed by atoms with van der Waals surface area (Å²) in [5, 5.41) is 3.59. The van der Waals surface area contributed by atoms with Gasteiger partial charge in [0.1, 0.15) is 0 Å². The summed E-state index contributed by atoms with van der Waals surface area (Å²) < 4.78 is 0. The van der Waals surface area contributed by atoms with Crippen LogP contribution in [0, 0.1) is 6.92 Å². The molecule has 20 heavy (non-hydrogen) atoms. The first-order valence-corrected chi connectivity index (χ1v) is 7.27. The first-order valence-electron chi connectivity index (χ1n) is 7.27. The first-order chi connectivity index (χ1) is 9.06. The molecule has 0 spiro atoms. The normalized spacial score (nSPS) is 12.8. The maximum absolute atomic E-state index is 3.78. The molecule has 0 aliphatic carbocycles. The fourth-order valence-electron chi connectivity index (χ4n) is 2.30. The van der Waals surface area contributed by atoms with Crippen molar-refractivity contribution < 1.29 is 0 Å². The Bertz CT molecular complexity index is 508. The fraction of sp³-hybridized carbons (Fsp3) is 0.474. The molecule has 0 unspecified atom stereocenters. The maximum Gasteiger partial charge on any atom is 0.0380 e. The quantitative estimate of drug-likeness (QED) is 0.695. The van der Waals surface area contributed by atoms with E-state index in [1.165, 1.54) is 22.4 Å². The minimum absolute atomic E-state index is 0.0629. The zero-order chi connectivity index (χ0) is 15.6. The van der Waals surface area contributed by atoms with Crippen LogP contribution in [0.15, 0.2) is 30.9 Å². The van der Waals surface area contributed by atoms with Crippen molar-refractivity contribution in [2.24, 2.45) is 0 Å². The average Bonchev–Trinajstić information content (AvgIpc) is 2.26. The zero-order valence-electron chi connectivity index (χ0n) is 14.1. The highest BCUT2D eigenvalue weighted by Crippen LogP contribution is 2.33. The Kier molecular flexibility index (Phi) is 4.86. The van der Waals surface area contributed by atoms with Crippen molar-refractivity contribution in [3.8, 4) is 0 Å². The monoisotopic (exact) mass is 271 g/mol. The van der Waals surface area contributed by atoms with E-state index < -0.39 is 0 Å². The number of hydrogen-bond donors (Lipinski definition) is 1. The van der Waals surface area contributed by atoms with Gasteiger partial charge in [0, 0.05) is 11.2 Å². The van der Waals surface area contributed by atoms with Crippen molar-refractivity contribution in [1.82, 2.24) is 0 Å². The SMILES string of the molecule is C=C/C=C\c1c(C(C)(C)C)ccc(NC(C)(C)C)c1C. The van der Waals surface area contributed by atoms with Gasteiger partial charge in [-0.2, -0.15) is 0 Å². The summed E-state index contributed by atoms with van der Waals surface area (Å²) in [6, 6.07) is 4.44. The lowest BCUT2D eigenvalue weighted by molar-refractivity contribution is 0.588. The number of anilines is 1. The molecule has 1 N–H and O–H groups in total. The Balaban J connectivity index is 3.43. The van der Waals surface area contributed by atoms with Gasteiger partial charge in [0.2, 0.25) is 0 Å². The van der Waals surface area contributed by atoms with Crippen LogP contribution in [0.25, 0.3) is 6.08 Å². The van der Waals surface area contributed by atoms with Gasteiger partial charge in [-0.15, -0.1) is 0 Å². The van der Waals surface area contributed by atoms with Gasteiger partial charge in [-0.05, 0) is 55.9 Å². The highest BCUT2D eigenvalue weighted by molar-refractivity contribution is 5.69. The third-order valence-corrected chi connectivity index (χ3v) is 3.23. The molecule has 0 aromatic heterocycles. The number of allylic oxidation sites excluding steroid dienone is 2. The number of benzene rings is 1. The van der Waals surface area contributed by atoms with Crippen molar-refractivity contribution in [2.75, 3.05) is 5.32 Å². The zero-order valence-corrected chi connectivity index (χ0v) is 14.1. The molecule has 0 atom stereocenters. The summed E-state index contributed by atoms with van der Waals surface area (Å²) in [4.78, 5) is 0. The minimum Gasteiger partial charge on any atom is -0.380 e. The Morgan fingerprint density at radius 1 is 1.05 bits per heavy atom. The molecule has 1 rings (SSSR count). The minimum atomic E-state index is 0.0629. The van der Waals surface area contributed by atoms with E-state index in [1.54, 1.807) is 0 Å². The van der Waals surface area contributed by atoms with E-state index >= 15 is 0 Å². The molecule has 0 fully saturated rings. The standard InChI is InChI=1S/C19H29N/c1-9-10-11-15-14(2)17(20-19(6,7)8)13-12-16(15)18(3,4)5/h9-13,20H,1H2,2-8H3/b11-10-. The van der Waals surface area contributed by atoms with Crippen molar-refractivity contribution in [3.05, 3.63) is 47.6 Å². The lowest BCUT2D eigenvalue weighted by Gasteiger charge is -2.28. The van der Waals surface area contributed by atoms with E-state index in [9.17, 15) is 0 Å². The molecule has 0 radical (unpaired) electrons. The van der Waals surface area contributed by atoms with Gasteiger partial charge in [-0.1, -0.05) is 51.6 Å². The summed E-state index contributed by atoms with van der Waals surface area (Å²) in [5.41, 5.74) is 5.36. The summed E-state index contributed by atoms with van der Waals surface area (Å²) >= 11 is 0. The smallest absolute Gasteiger partial charge is 0.0380 e. The Labute approximate surface area is 124 Å². The predicted molar refractivity (Wildman–Crippen MR) is 92.5 cm³/mol. The highest BCUT2D eigenvalue weighted by atomic mass is 15.0. The molecule has 0 saturated heterocycles. The second-order valence-corrected chi connectivity index (χ2v) is 7.42. The van der Waals surface area contributed by atoms with Gasteiger partial charge in [-0.3, -0.25) is 0 Å². The molecular weight excluding hydrogens is 242 g/mol. The van der Waals surface area contributed by atoms with Gasteiger partial charge in [0.15, 0.2) is 0 Å². The van der Waals surface area contributed by atoms with Crippen LogP contribution in [0.3, 0.4) is 0 Å². The Morgan fingerprint density at radius 2 is 1.65 bits per heavy atom. The second kappa shape index (κ2) is 5.87. The molecule has 110 valence electrons. The molecule has 1 nitrogen and oxygen atoms in total. The van der Waals surface area contributed by atoms with Crippen LogP contribution in [0.2, 0.25) is 0 Å². The molecule has 1 aromatic carbocycles. The maximum atomic E-state index is 3.78. The van der Waals surface area contributed by atoms with Gasteiger partial charge in [-0.25, -0.2) is 0 Å². The molecule has 0 bridgehead atoms. The molecule has 1 aromatic rings. The van der Waals surface area contributed by atoms with E-state index in [-0.39, 0.29) is 11.0 Å². The van der Waals surface area contributed by atoms with Crippen LogP contribution in [-0.2, 0) is 5.41 Å². The molecule has 0 amide bonds. The summed E-state index contributed by atoms with van der Waals surface area (Å²) in [6.07, 6.45) is 6.00. The van der Waals surface area contributed by atoms with Crippen molar-refractivity contribution in [2.45, 2.75) is 59.4 Å². The van der Waals surface area contributed by atoms with E-state index in [1.807, 2.05) is 12.2 Å². The molecule has 0 saturated carbocycles. The molecule has 1 heteroatoms. The van der Waals surface area contributed by atoms with Crippen molar-refractivity contribution >= 4 is 11.8 Å². The molecule has 0 heterocycles. The highest BCUT2D eigenvalue weighted by Gasteiger charge is 2.20. The summed E-state index contributed by atoms with van der Waals surface area (Å²) in [6.45, 7) is 19.3.